The van der Waals surface area contributed by atoms with Crippen LogP contribution in [0.2, 0.25) is 0 Å². The molecule has 1 fully saturated rings. The summed E-state index contributed by atoms with van der Waals surface area (Å²) in [5, 5.41) is 12.2. The molecule has 0 saturated carbocycles. The summed E-state index contributed by atoms with van der Waals surface area (Å²) < 4.78 is 0. The Hall–Kier alpha value is -3.17. The van der Waals surface area contributed by atoms with E-state index >= 15 is 0 Å². The van der Waals surface area contributed by atoms with Gasteiger partial charge in [0.15, 0.2) is 0 Å². The first-order valence-electron chi connectivity index (χ1n) is 9.90. The molecule has 29 heavy (non-hydrogen) atoms. The van der Waals surface area contributed by atoms with Crippen LogP contribution in [0.15, 0.2) is 48.5 Å². The number of carbonyl (C=O) groups is 2. The molecule has 0 aliphatic carbocycles. The number of aryl methyl sites for hydroxylation is 1. The zero-order valence-electron chi connectivity index (χ0n) is 16.7. The number of hydrogen-bond acceptors (Lipinski definition) is 4. The van der Waals surface area contributed by atoms with E-state index in [9.17, 15) is 9.59 Å². The number of amides is 2. The van der Waals surface area contributed by atoms with Crippen LogP contribution in [-0.4, -0.2) is 54.3 Å². The van der Waals surface area contributed by atoms with Gasteiger partial charge in [0.05, 0.1) is 11.6 Å². The summed E-state index contributed by atoms with van der Waals surface area (Å²) in [5.74, 6) is -0.0579. The maximum atomic E-state index is 13.1. The molecule has 1 aliphatic rings. The zero-order valence-corrected chi connectivity index (χ0v) is 16.7. The van der Waals surface area contributed by atoms with Crippen LogP contribution >= 0.6 is 0 Å². The van der Waals surface area contributed by atoms with Gasteiger partial charge in [-0.15, -0.1) is 0 Å². The smallest absolute Gasteiger partial charge is 0.254 e. The van der Waals surface area contributed by atoms with Crippen molar-refractivity contribution >= 4 is 11.8 Å². The number of nitrogens with one attached hydrogen (secondary N) is 1. The molecule has 1 N–H and O–H groups in total. The van der Waals surface area contributed by atoms with E-state index in [1.807, 2.05) is 30.0 Å². The Bertz CT molecular complexity index is 896. The highest BCUT2D eigenvalue weighted by Crippen LogP contribution is 2.14. The molecule has 0 unspecified atom stereocenters. The van der Waals surface area contributed by atoms with Crippen molar-refractivity contribution in [1.29, 1.82) is 5.26 Å². The van der Waals surface area contributed by atoms with Crippen LogP contribution < -0.4 is 5.32 Å². The van der Waals surface area contributed by atoms with E-state index in [4.69, 9.17) is 5.26 Å². The molecule has 0 aromatic heterocycles. The molecular weight excluding hydrogens is 364 g/mol. The van der Waals surface area contributed by atoms with E-state index in [0.29, 0.717) is 43.7 Å². The van der Waals surface area contributed by atoms with Crippen molar-refractivity contribution < 1.29 is 9.59 Å². The summed E-state index contributed by atoms with van der Waals surface area (Å²) in [6.07, 6.45) is 0.299. The third-order valence-corrected chi connectivity index (χ3v) is 5.07. The van der Waals surface area contributed by atoms with Gasteiger partial charge in [0, 0.05) is 51.3 Å². The number of rotatable bonds is 6. The predicted molar refractivity (Wildman–Crippen MR) is 111 cm³/mol. The van der Waals surface area contributed by atoms with Gasteiger partial charge in [0.2, 0.25) is 5.91 Å². The highest BCUT2D eigenvalue weighted by molar-refractivity contribution is 5.94. The summed E-state index contributed by atoms with van der Waals surface area (Å²) in [7, 11) is 0. The quantitative estimate of drug-likeness (QED) is 0.821. The zero-order chi connectivity index (χ0) is 20.6. The van der Waals surface area contributed by atoms with Crippen LogP contribution in [0.5, 0.6) is 0 Å². The Labute approximate surface area is 171 Å². The lowest BCUT2D eigenvalue weighted by molar-refractivity contribution is -0.132. The molecule has 1 heterocycles. The van der Waals surface area contributed by atoms with Crippen molar-refractivity contribution in [2.45, 2.75) is 19.9 Å². The molecular formula is C23H26N4O2. The van der Waals surface area contributed by atoms with Gasteiger partial charge in [-0.3, -0.25) is 9.59 Å². The normalized spacial score (nSPS) is 13.6. The molecule has 0 radical (unpaired) electrons. The van der Waals surface area contributed by atoms with Gasteiger partial charge in [0.25, 0.3) is 5.91 Å². The maximum absolute atomic E-state index is 13.1. The third-order valence-electron chi connectivity index (χ3n) is 5.07. The molecule has 2 aromatic carbocycles. The third kappa shape index (κ3) is 5.66. The van der Waals surface area contributed by atoms with Gasteiger partial charge < -0.3 is 15.1 Å². The molecule has 6 nitrogen and oxygen atoms in total. The van der Waals surface area contributed by atoms with Gasteiger partial charge in [0.1, 0.15) is 0 Å². The second kappa shape index (κ2) is 9.85. The summed E-state index contributed by atoms with van der Waals surface area (Å²) in [4.78, 5) is 29.3. The summed E-state index contributed by atoms with van der Waals surface area (Å²) in [5.41, 5.74) is 3.19. The van der Waals surface area contributed by atoms with Crippen molar-refractivity contribution in [2.75, 3.05) is 32.7 Å². The lowest BCUT2D eigenvalue weighted by Crippen LogP contribution is -2.47. The second-order valence-corrected chi connectivity index (χ2v) is 7.29. The average Bonchev–Trinajstić information content (AvgIpc) is 2.76. The van der Waals surface area contributed by atoms with Crippen LogP contribution in [0, 0.1) is 18.3 Å². The molecule has 0 atom stereocenters. The van der Waals surface area contributed by atoms with Gasteiger partial charge in [-0.25, -0.2) is 0 Å². The molecule has 6 heteroatoms. The minimum atomic E-state index is -0.135. The van der Waals surface area contributed by atoms with Gasteiger partial charge in [-0.1, -0.05) is 29.8 Å². The van der Waals surface area contributed by atoms with Gasteiger partial charge >= 0.3 is 0 Å². The molecule has 0 spiro atoms. The first-order chi connectivity index (χ1) is 14.1. The Balaban J connectivity index is 1.73. The van der Waals surface area contributed by atoms with Crippen LogP contribution in [0.25, 0.3) is 0 Å². The number of nitrogens with zero attached hydrogens (tertiary/aromatic N) is 3. The largest absolute Gasteiger partial charge is 0.340 e. The van der Waals surface area contributed by atoms with Crippen molar-refractivity contribution in [3.8, 4) is 6.07 Å². The van der Waals surface area contributed by atoms with Gasteiger partial charge in [-0.2, -0.15) is 5.26 Å². The summed E-state index contributed by atoms with van der Waals surface area (Å²) in [6, 6.07) is 16.7. The van der Waals surface area contributed by atoms with Crippen molar-refractivity contribution in [3.63, 3.8) is 0 Å². The Morgan fingerprint density at radius 3 is 2.52 bits per heavy atom. The molecule has 3 rings (SSSR count). The predicted octanol–water partition coefficient (Wildman–Crippen LogP) is 2.33. The molecule has 2 amide bonds. The van der Waals surface area contributed by atoms with Crippen LogP contribution in [0.3, 0.4) is 0 Å². The lowest BCUT2D eigenvalue weighted by atomic mass is 10.1. The van der Waals surface area contributed by atoms with E-state index in [1.54, 1.807) is 29.2 Å². The van der Waals surface area contributed by atoms with Crippen LogP contribution in [0.4, 0.5) is 0 Å². The van der Waals surface area contributed by atoms with E-state index in [2.05, 4.69) is 17.5 Å². The highest BCUT2D eigenvalue weighted by Gasteiger charge is 2.21. The van der Waals surface area contributed by atoms with Crippen molar-refractivity contribution in [2.24, 2.45) is 0 Å². The first-order valence-corrected chi connectivity index (χ1v) is 9.90. The van der Waals surface area contributed by atoms with Crippen LogP contribution in [-0.2, 0) is 11.3 Å². The fourth-order valence-electron chi connectivity index (χ4n) is 3.46. The Morgan fingerprint density at radius 2 is 1.86 bits per heavy atom. The van der Waals surface area contributed by atoms with Crippen molar-refractivity contribution in [3.05, 3.63) is 70.8 Å². The lowest BCUT2D eigenvalue weighted by Gasteiger charge is -2.29. The van der Waals surface area contributed by atoms with E-state index in [1.165, 1.54) is 0 Å². The Kier molecular flexibility index (Phi) is 6.99. The minimum Gasteiger partial charge on any atom is -0.340 e. The van der Waals surface area contributed by atoms with Crippen molar-refractivity contribution in [1.82, 2.24) is 15.1 Å². The van der Waals surface area contributed by atoms with E-state index in [0.717, 1.165) is 24.2 Å². The molecule has 150 valence electrons. The van der Waals surface area contributed by atoms with E-state index < -0.39 is 0 Å². The number of carbonyl (C=O) groups excluding carboxylic acids is 2. The van der Waals surface area contributed by atoms with Gasteiger partial charge in [-0.05, 0) is 36.8 Å². The molecule has 0 bridgehead atoms. The summed E-state index contributed by atoms with van der Waals surface area (Å²) in [6.45, 7) is 5.85. The Morgan fingerprint density at radius 1 is 1.14 bits per heavy atom. The first kappa shape index (κ1) is 20.6. The second-order valence-electron chi connectivity index (χ2n) is 7.29. The topological polar surface area (TPSA) is 76.4 Å². The average molecular weight is 390 g/mol. The standard InChI is InChI=1S/C23H26N4O2/c1-18-3-2-4-20(15-18)17-27(12-9-22(28)26-13-10-25-11-14-26)23(29)21-7-5-19(16-24)6-8-21/h2-8,15,25H,9-14,17H2,1H3. The number of hydrogen-bond donors (Lipinski definition) is 1. The maximum Gasteiger partial charge on any atom is 0.254 e. The summed E-state index contributed by atoms with van der Waals surface area (Å²) >= 11 is 0. The fraction of sp³-hybridized carbons (Fsp3) is 0.348. The highest BCUT2D eigenvalue weighted by atomic mass is 16.2. The fourth-order valence-corrected chi connectivity index (χ4v) is 3.46. The molecule has 1 saturated heterocycles. The number of piperazine rings is 1. The molecule has 1 aliphatic heterocycles. The number of benzene rings is 2. The van der Waals surface area contributed by atoms with Crippen LogP contribution in [0.1, 0.15) is 33.5 Å². The monoisotopic (exact) mass is 390 g/mol. The number of nitriles is 1. The molecule has 2 aromatic rings. The SMILES string of the molecule is Cc1cccc(CN(CCC(=O)N2CCNCC2)C(=O)c2ccc(C#N)cc2)c1. The minimum absolute atomic E-state index is 0.0772. The van der Waals surface area contributed by atoms with E-state index in [-0.39, 0.29) is 11.8 Å².